The van der Waals surface area contributed by atoms with Crippen LogP contribution in [0, 0.1) is 11.3 Å². The quantitative estimate of drug-likeness (QED) is 0.354. The Kier molecular flexibility index (Phi) is 3.65. The summed E-state index contributed by atoms with van der Waals surface area (Å²) in [5.74, 6) is 0.710. The number of hydrogen-bond acceptors (Lipinski definition) is 3. The average Bonchev–Trinajstić information content (AvgIpc) is 2.64. The Morgan fingerprint density at radius 3 is 2.93 bits per heavy atom. The lowest BCUT2D eigenvalue weighted by atomic mass is 10.2. The molecule has 3 nitrogen and oxygen atoms in total. The second-order valence-corrected chi connectivity index (χ2v) is 2.87. The van der Waals surface area contributed by atoms with Crippen LogP contribution in [0.15, 0.2) is 40.5 Å². The molecule has 0 bridgehead atoms. The van der Waals surface area contributed by atoms with Gasteiger partial charge in [0.1, 0.15) is 16.8 Å². The lowest BCUT2D eigenvalue weighted by Gasteiger charge is -1.89. The fourth-order valence-corrected chi connectivity index (χ4v) is 0.913. The summed E-state index contributed by atoms with van der Waals surface area (Å²) in [6.45, 7) is 0. The summed E-state index contributed by atoms with van der Waals surface area (Å²) in [5.41, 5.74) is 5.57. The number of thiocarbonyl (C=S) groups is 1. The fourth-order valence-electron chi connectivity index (χ4n) is 0.800. The zero-order chi connectivity index (χ0) is 10.4. The Balaban J connectivity index is 2.71. The molecule has 1 heterocycles. The Hall–Kier alpha value is -1.86. The highest BCUT2D eigenvalue weighted by Gasteiger charge is 1.95. The largest absolute Gasteiger partial charge is 0.465 e. The van der Waals surface area contributed by atoms with Crippen molar-refractivity contribution in [3.63, 3.8) is 0 Å². The molecule has 70 valence electrons. The first-order valence-corrected chi connectivity index (χ1v) is 4.26. The lowest BCUT2D eigenvalue weighted by molar-refractivity contribution is 0.557. The van der Waals surface area contributed by atoms with Gasteiger partial charge in [0.05, 0.1) is 11.8 Å². The van der Waals surface area contributed by atoms with Crippen molar-refractivity contribution in [2.45, 2.75) is 0 Å². The lowest BCUT2D eigenvalue weighted by Crippen LogP contribution is -2.09. The second kappa shape index (κ2) is 5.00. The van der Waals surface area contributed by atoms with Crippen molar-refractivity contribution in [3.05, 3.63) is 41.9 Å². The van der Waals surface area contributed by atoms with Crippen LogP contribution in [0.5, 0.6) is 0 Å². The average molecular weight is 204 g/mol. The molecule has 0 aliphatic carbocycles. The van der Waals surface area contributed by atoms with Gasteiger partial charge >= 0.3 is 0 Å². The van der Waals surface area contributed by atoms with Crippen molar-refractivity contribution in [1.29, 1.82) is 5.26 Å². The van der Waals surface area contributed by atoms with Crippen molar-refractivity contribution >= 4 is 23.3 Å². The van der Waals surface area contributed by atoms with E-state index in [1.165, 1.54) is 0 Å². The summed E-state index contributed by atoms with van der Waals surface area (Å²) in [7, 11) is 0. The standard InChI is InChI=1S/C10H8N2OS/c11-7-8(10(12)14)3-1-4-9-5-2-6-13-9/h1-6H,(H2,12,14)/b4-1+,8-3+. The van der Waals surface area contributed by atoms with Crippen LogP contribution >= 0.6 is 12.2 Å². The van der Waals surface area contributed by atoms with Crippen LogP contribution in [0.4, 0.5) is 0 Å². The zero-order valence-corrected chi connectivity index (χ0v) is 8.12. The molecule has 0 atom stereocenters. The van der Waals surface area contributed by atoms with Gasteiger partial charge in [-0.2, -0.15) is 5.26 Å². The summed E-state index contributed by atoms with van der Waals surface area (Å²) >= 11 is 4.66. The molecule has 0 amide bonds. The molecule has 1 aromatic rings. The maximum atomic E-state index is 8.61. The monoisotopic (exact) mass is 204 g/mol. The van der Waals surface area contributed by atoms with Crippen molar-refractivity contribution in [2.75, 3.05) is 0 Å². The third kappa shape index (κ3) is 2.88. The van der Waals surface area contributed by atoms with Crippen molar-refractivity contribution < 1.29 is 4.42 Å². The number of hydrogen-bond donors (Lipinski definition) is 1. The molecule has 0 aromatic carbocycles. The minimum absolute atomic E-state index is 0.0941. The molecule has 0 unspecified atom stereocenters. The SMILES string of the molecule is N#C/C(=C\C=C\c1ccco1)C(N)=S. The third-order valence-corrected chi connectivity index (χ3v) is 1.67. The Bertz CT molecular complexity index is 410. The molecule has 4 heteroatoms. The smallest absolute Gasteiger partial charge is 0.126 e. The van der Waals surface area contributed by atoms with E-state index in [2.05, 4.69) is 12.2 Å². The summed E-state index contributed by atoms with van der Waals surface area (Å²) in [6.07, 6.45) is 6.50. The third-order valence-electron chi connectivity index (χ3n) is 1.45. The van der Waals surface area contributed by atoms with E-state index < -0.39 is 0 Å². The van der Waals surface area contributed by atoms with Crippen molar-refractivity contribution in [1.82, 2.24) is 0 Å². The molecular formula is C10H8N2OS. The Morgan fingerprint density at radius 1 is 1.64 bits per heavy atom. The Labute approximate surface area is 87.1 Å². The highest BCUT2D eigenvalue weighted by atomic mass is 32.1. The number of rotatable bonds is 3. The van der Waals surface area contributed by atoms with E-state index in [9.17, 15) is 0 Å². The topological polar surface area (TPSA) is 63.0 Å². The van der Waals surface area contributed by atoms with Crippen molar-refractivity contribution in [2.24, 2.45) is 5.73 Å². The summed E-state index contributed by atoms with van der Waals surface area (Å²) in [5, 5.41) is 8.61. The number of nitrogens with two attached hydrogens (primary N) is 1. The van der Waals surface area contributed by atoms with Gasteiger partial charge in [-0.3, -0.25) is 0 Å². The Morgan fingerprint density at radius 2 is 2.43 bits per heavy atom. The molecule has 1 rings (SSSR count). The van der Waals surface area contributed by atoms with E-state index in [0.717, 1.165) is 0 Å². The van der Waals surface area contributed by atoms with E-state index in [4.69, 9.17) is 15.4 Å². The maximum absolute atomic E-state index is 8.61. The first kappa shape index (κ1) is 10.2. The van der Waals surface area contributed by atoms with E-state index >= 15 is 0 Å². The highest BCUT2D eigenvalue weighted by molar-refractivity contribution is 7.80. The minimum atomic E-state index is 0.0941. The zero-order valence-electron chi connectivity index (χ0n) is 7.31. The molecule has 1 aromatic heterocycles. The van der Waals surface area contributed by atoms with Crippen LogP contribution < -0.4 is 5.73 Å². The van der Waals surface area contributed by atoms with E-state index in [-0.39, 0.29) is 10.6 Å². The number of allylic oxidation sites excluding steroid dienone is 2. The van der Waals surface area contributed by atoms with Crippen LogP contribution in [0.3, 0.4) is 0 Å². The minimum Gasteiger partial charge on any atom is -0.465 e. The van der Waals surface area contributed by atoms with Gasteiger partial charge in [0.25, 0.3) is 0 Å². The van der Waals surface area contributed by atoms with Gasteiger partial charge < -0.3 is 10.2 Å². The van der Waals surface area contributed by atoms with Gasteiger partial charge in [0.2, 0.25) is 0 Å². The maximum Gasteiger partial charge on any atom is 0.126 e. The van der Waals surface area contributed by atoms with Gasteiger partial charge in [0.15, 0.2) is 0 Å². The summed E-state index contributed by atoms with van der Waals surface area (Å²) in [4.78, 5) is 0.0941. The van der Waals surface area contributed by atoms with Gasteiger partial charge in [-0.05, 0) is 24.3 Å². The molecule has 0 saturated heterocycles. The molecule has 0 spiro atoms. The van der Waals surface area contributed by atoms with Gasteiger partial charge in [-0.1, -0.05) is 18.3 Å². The van der Waals surface area contributed by atoms with Crippen LogP contribution in [-0.4, -0.2) is 4.99 Å². The molecule has 0 radical (unpaired) electrons. The first-order valence-electron chi connectivity index (χ1n) is 3.86. The van der Waals surface area contributed by atoms with E-state index in [1.54, 1.807) is 36.6 Å². The second-order valence-electron chi connectivity index (χ2n) is 2.43. The number of nitriles is 1. The van der Waals surface area contributed by atoms with E-state index in [1.807, 2.05) is 6.07 Å². The molecule has 0 aliphatic rings. The predicted molar refractivity (Wildman–Crippen MR) is 58.2 cm³/mol. The highest BCUT2D eigenvalue weighted by Crippen LogP contribution is 2.03. The van der Waals surface area contributed by atoms with Crippen LogP contribution in [0.1, 0.15) is 5.76 Å². The molecule has 0 saturated carbocycles. The molecular weight excluding hydrogens is 196 g/mol. The van der Waals surface area contributed by atoms with E-state index in [0.29, 0.717) is 5.76 Å². The fraction of sp³-hybridized carbons (Fsp3) is 0. The van der Waals surface area contributed by atoms with Crippen LogP contribution in [0.2, 0.25) is 0 Å². The predicted octanol–water partition coefficient (Wildman–Crippen LogP) is 2.03. The molecule has 0 fully saturated rings. The molecule has 2 N–H and O–H groups in total. The van der Waals surface area contributed by atoms with Gasteiger partial charge in [0, 0.05) is 0 Å². The van der Waals surface area contributed by atoms with Gasteiger partial charge in [-0.25, -0.2) is 0 Å². The number of furan rings is 1. The number of nitrogens with zero attached hydrogens (tertiary/aromatic N) is 1. The molecule has 14 heavy (non-hydrogen) atoms. The van der Waals surface area contributed by atoms with Crippen LogP contribution in [0.25, 0.3) is 6.08 Å². The molecule has 0 aliphatic heterocycles. The summed E-state index contributed by atoms with van der Waals surface area (Å²) < 4.78 is 5.05. The van der Waals surface area contributed by atoms with Crippen molar-refractivity contribution in [3.8, 4) is 6.07 Å². The normalized spacial score (nSPS) is 11.5. The first-order chi connectivity index (χ1) is 6.74. The summed E-state index contributed by atoms with van der Waals surface area (Å²) in [6, 6.07) is 5.48. The van der Waals surface area contributed by atoms with Gasteiger partial charge in [-0.15, -0.1) is 0 Å². The van der Waals surface area contributed by atoms with Crippen LogP contribution in [-0.2, 0) is 0 Å².